The maximum absolute atomic E-state index is 13.1. The van der Waals surface area contributed by atoms with Crippen molar-refractivity contribution in [3.63, 3.8) is 0 Å². The zero-order valence-corrected chi connectivity index (χ0v) is 16.2. The van der Waals surface area contributed by atoms with E-state index in [1.807, 2.05) is 25.1 Å². The molecular weight excluding hydrogens is 391 g/mol. The van der Waals surface area contributed by atoms with E-state index in [4.69, 9.17) is 11.6 Å². The number of carbonyl (C=O) groups excluding carboxylic acids is 1. The van der Waals surface area contributed by atoms with Crippen LogP contribution in [-0.4, -0.2) is 38.6 Å². The van der Waals surface area contributed by atoms with E-state index in [2.05, 4.69) is 10.2 Å². The number of amides is 1. The molecule has 1 saturated heterocycles. The molecule has 0 bridgehead atoms. The molecule has 0 atom stereocenters. The van der Waals surface area contributed by atoms with Crippen molar-refractivity contribution in [2.45, 2.75) is 13.1 Å². The molecule has 2 aromatic carbocycles. The second kappa shape index (κ2) is 8.41. The third-order valence-electron chi connectivity index (χ3n) is 4.90. The first kappa shape index (κ1) is 20.5. The van der Waals surface area contributed by atoms with Crippen LogP contribution in [0.15, 0.2) is 42.5 Å². The minimum atomic E-state index is -4.50. The molecule has 8 heteroatoms. The number of quaternary nitrogens is 1. The Balaban J connectivity index is 1.57. The van der Waals surface area contributed by atoms with Crippen LogP contribution in [0.5, 0.6) is 0 Å². The Morgan fingerprint density at radius 2 is 1.86 bits per heavy atom. The fraction of sp³-hybridized carbons (Fsp3) is 0.350. The summed E-state index contributed by atoms with van der Waals surface area (Å²) in [7, 11) is 0. The summed E-state index contributed by atoms with van der Waals surface area (Å²) in [6.07, 6.45) is -4.50. The van der Waals surface area contributed by atoms with Crippen LogP contribution in [0.1, 0.15) is 11.1 Å². The van der Waals surface area contributed by atoms with E-state index in [-0.39, 0.29) is 12.2 Å². The average Bonchev–Trinajstić information content (AvgIpc) is 2.64. The van der Waals surface area contributed by atoms with E-state index in [1.54, 1.807) is 0 Å². The normalized spacial score (nSPS) is 15.5. The molecule has 0 radical (unpaired) electrons. The Labute approximate surface area is 166 Å². The van der Waals surface area contributed by atoms with Gasteiger partial charge in [-0.05, 0) is 36.8 Å². The Morgan fingerprint density at radius 3 is 2.54 bits per heavy atom. The largest absolute Gasteiger partial charge is 0.418 e. The molecule has 150 valence electrons. The number of anilines is 2. The highest BCUT2D eigenvalue weighted by molar-refractivity contribution is 6.30. The Kier molecular flexibility index (Phi) is 6.15. The van der Waals surface area contributed by atoms with Gasteiger partial charge in [0.05, 0.1) is 37.4 Å². The zero-order chi connectivity index (χ0) is 20.3. The predicted octanol–water partition coefficient (Wildman–Crippen LogP) is 3.01. The van der Waals surface area contributed by atoms with Crippen molar-refractivity contribution in [1.82, 2.24) is 0 Å². The van der Waals surface area contributed by atoms with Gasteiger partial charge in [0.15, 0.2) is 6.54 Å². The molecule has 1 fully saturated rings. The first-order valence-corrected chi connectivity index (χ1v) is 9.42. The molecule has 4 nitrogen and oxygen atoms in total. The topological polar surface area (TPSA) is 36.8 Å². The molecule has 1 heterocycles. The molecule has 1 aliphatic rings. The summed E-state index contributed by atoms with van der Waals surface area (Å²) in [4.78, 5) is 15.5. The van der Waals surface area contributed by atoms with Crippen LogP contribution in [0.4, 0.5) is 24.5 Å². The summed E-state index contributed by atoms with van der Waals surface area (Å²) in [5.74, 6) is -0.418. The van der Waals surface area contributed by atoms with Crippen LogP contribution in [0, 0.1) is 6.92 Å². The fourth-order valence-corrected chi connectivity index (χ4v) is 3.59. The van der Waals surface area contributed by atoms with Crippen LogP contribution >= 0.6 is 11.6 Å². The number of aryl methyl sites for hydroxylation is 1. The van der Waals surface area contributed by atoms with Crippen molar-refractivity contribution >= 4 is 28.9 Å². The molecule has 2 aromatic rings. The molecular formula is C20H22ClF3N3O+. The summed E-state index contributed by atoms with van der Waals surface area (Å²) >= 11 is 6.09. The molecule has 2 N–H and O–H groups in total. The number of piperazine rings is 1. The van der Waals surface area contributed by atoms with Crippen LogP contribution < -0.4 is 15.1 Å². The summed E-state index contributed by atoms with van der Waals surface area (Å²) in [6, 6.07) is 10.8. The number of para-hydroxylation sites is 1. The van der Waals surface area contributed by atoms with Crippen LogP contribution in [-0.2, 0) is 11.0 Å². The molecule has 1 amide bonds. The van der Waals surface area contributed by atoms with Gasteiger partial charge in [-0.1, -0.05) is 29.8 Å². The number of nitrogens with one attached hydrogen (secondary N) is 2. The van der Waals surface area contributed by atoms with Crippen LogP contribution in [0.25, 0.3) is 0 Å². The van der Waals surface area contributed by atoms with Gasteiger partial charge < -0.3 is 15.1 Å². The standard InChI is InChI=1S/C20H21ClF3N3O/c1-14-6-7-15(21)12-18(14)27-10-8-26(9-11-27)13-19(28)25-17-5-3-2-4-16(17)20(22,23)24/h2-7,12H,8-11,13H2,1H3,(H,25,28)/p+1. The van der Waals surface area contributed by atoms with E-state index < -0.39 is 17.6 Å². The quantitative estimate of drug-likeness (QED) is 0.810. The van der Waals surface area contributed by atoms with Gasteiger partial charge in [-0.3, -0.25) is 4.79 Å². The van der Waals surface area contributed by atoms with Crippen molar-refractivity contribution in [2.75, 3.05) is 42.9 Å². The summed E-state index contributed by atoms with van der Waals surface area (Å²) in [6.45, 7) is 5.11. The van der Waals surface area contributed by atoms with Gasteiger partial charge >= 0.3 is 6.18 Å². The number of halogens is 4. The van der Waals surface area contributed by atoms with E-state index in [1.165, 1.54) is 18.2 Å². The Morgan fingerprint density at radius 1 is 1.18 bits per heavy atom. The van der Waals surface area contributed by atoms with E-state index >= 15 is 0 Å². The minimum Gasteiger partial charge on any atom is -0.360 e. The zero-order valence-electron chi connectivity index (χ0n) is 15.4. The van der Waals surface area contributed by atoms with Crippen molar-refractivity contribution in [2.24, 2.45) is 0 Å². The van der Waals surface area contributed by atoms with Gasteiger partial charge in [-0.25, -0.2) is 0 Å². The first-order valence-electron chi connectivity index (χ1n) is 9.05. The van der Waals surface area contributed by atoms with E-state index in [9.17, 15) is 18.0 Å². The van der Waals surface area contributed by atoms with Crippen molar-refractivity contribution in [3.05, 3.63) is 58.6 Å². The number of nitrogens with zero attached hydrogens (tertiary/aromatic N) is 1. The summed E-state index contributed by atoms with van der Waals surface area (Å²) < 4.78 is 39.2. The highest BCUT2D eigenvalue weighted by atomic mass is 35.5. The van der Waals surface area contributed by atoms with Crippen molar-refractivity contribution in [3.8, 4) is 0 Å². The minimum absolute atomic E-state index is 0.133. The second-order valence-electron chi connectivity index (χ2n) is 6.94. The lowest BCUT2D eigenvalue weighted by Crippen LogP contribution is -3.15. The Hall–Kier alpha value is -2.25. The molecule has 0 saturated carbocycles. The SMILES string of the molecule is Cc1ccc(Cl)cc1N1CC[NH+](CC(=O)Nc2ccccc2C(F)(F)F)CC1. The third kappa shape index (κ3) is 4.97. The summed E-state index contributed by atoms with van der Waals surface area (Å²) in [5, 5.41) is 3.09. The monoisotopic (exact) mass is 412 g/mol. The van der Waals surface area contributed by atoms with E-state index in [0.717, 1.165) is 48.4 Å². The number of rotatable bonds is 4. The number of carbonyl (C=O) groups is 1. The molecule has 0 aromatic heterocycles. The molecule has 3 rings (SSSR count). The molecule has 1 aliphatic heterocycles. The molecule has 28 heavy (non-hydrogen) atoms. The highest BCUT2D eigenvalue weighted by Gasteiger charge is 2.34. The van der Waals surface area contributed by atoms with Crippen molar-refractivity contribution in [1.29, 1.82) is 0 Å². The highest BCUT2D eigenvalue weighted by Crippen LogP contribution is 2.34. The molecule has 0 unspecified atom stereocenters. The lowest BCUT2D eigenvalue weighted by Gasteiger charge is -2.34. The van der Waals surface area contributed by atoms with Gasteiger partial charge in [0.25, 0.3) is 5.91 Å². The molecule has 0 aliphatic carbocycles. The number of hydrogen-bond donors (Lipinski definition) is 2. The van der Waals surface area contributed by atoms with Gasteiger partial charge in [0.1, 0.15) is 0 Å². The van der Waals surface area contributed by atoms with Crippen LogP contribution in [0.2, 0.25) is 5.02 Å². The maximum atomic E-state index is 13.1. The first-order chi connectivity index (χ1) is 13.2. The number of hydrogen-bond acceptors (Lipinski definition) is 2. The van der Waals surface area contributed by atoms with Gasteiger partial charge in [0.2, 0.25) is 0 Å². The number of alkyl halides is 3. The van der Waals surface area contributed by atoms with Gasteiger partial charge in [-0.15, -0.1) is 0 Å². The van der Waals surface area contributed by atoms with Crippen molar-refractivity contribution < 1.29 is 22.9 Å². The van der Waals surface area contributed by atoms with Gasteiger partial charge in [0, 0.05) is 10.7 Å². The summed E-state index contributed by atoms with van der Waals surface area (Å²) in [5.41, 5.74) is 1.18. The Bertz CT molecular complexity index is 849. The smallest absolute Gasteiger partial charge is 0.360 e. The predicted molar refractivity (Wildman–Crippen MR) is 104 cm³/mol. The van der Waals surface area contributed by atoms with Crippen LogP contribution in [0.3, 0.4) is 0 Å². The maximum Gasteiger partial charge on any atom is 0.418 e. The average molecular weight is 413 g/mol. The number of benzene rings is 2. The second-order valence-corrected chi connectivity index (χ2v) is 7.37. The lowest BCUT2D eigenvalue weighted by molar-refractivity contribution is -0.892. The fourth-order valence-electron chi connectivity index (χ4n) is 3.42. The molecule has 0 spiro atoms. The van der Waals surface area contributed by atoms with Gasteiger partial charge in [-0.2, -0.15) is 13.2 Å². The van der Waals surface area contributed by atoms with E-state index in [0.29, 0.717) is 5.02 Å². The lowest BCUT2D eigenvalue weighted by atomic mass is 10.1. The third-order valence-corrected chi connectivity index (χ3v) is 5.13.